The van der Waals surface area contributed by atoms with Gasteiger partial charge in [0.05, 0.1) is 0 Å². The van der Waals surface area contributed by atoms with Crippen LogP contribution in [-0.4, -0.2) is 42.7 Å². The van der Waals surface area contributed by atoms with E-state index in [9.17, 15) is 9.90 Å². The second kappa shape index (κ2) is 7.56. The number of aliphatic hydroxyl groups is 1. The lowest BCUT2D eigenvalue weighted by Crippen LogP contribution is -2.26. The van der Waals surface area contributed by atoms with E-state index in [1.807, 2.05) is 32.0 Å². The van der Waals surface area contributed by atoms with Gasteiger partial charge in [0.1, 0.15) is 6.61 Å². The second-order valence-corrected chi connectivity index (χ2v) is 6.17. The van der Waals surface area contributed by atoms with Crippen molar-refractivity contribution in [3.63, 3.8) is 0 Å². The van der Waals surface area contributed by atoms with E-state index in [2.05, 4.69) is 18.0 Å². The molecule has 0 spiro atoms. The molecule has 0 aliphatic carbocycles. The molecule has 0 saturated heterocycles. The first kappa shape index (κ1) is 16.7. The monoisotopic (exact) mass is 303 g/mol. The summed E-state index contributed by atoms with van der Waals surface area (Å²) < 4.78 is 5.29. The van der Waals surface area contributed by atoms with E-state index in [0.29, 0.717) is 5.56 Å². The predicted octanol–water partition coefficient (Wildman–Crippen LogP) is 2.65. The van der Waals surface area contributed by atoms with Crippen LogP contribution in [0, 0.1) is 0 Å². The Kier molecular flexibility index (Phi) is 5.75. The van der Waals surface area contributed by atoms with Crippen LogP contribution < -0.4 is 0 Å². The quantitative estimate of drug-likeness (QED) is 0.671. The van der Waals surface area contributed by atoms with Crippen LogP contribution in [0.3, 0.4) is 0 Å². The highest BCUT2D eigenvalue weighted by Crippen LogP contribution is 2.25. The van der Waals surface area contributed by atoms with Crippen LogP contribution in [0.5, 0.6) is 0 Å². The number of nitrogens with zero attached hydrogens (tertiary/aromatic N) is 1. The normalized spacial score (nSPS) is 17.2. The van der Waals surface area contributed by atoms with E-state index in [1.54, 1.807) is 6.07 Å². The summed E-state index contributed by atoms with van der Waals surface area (Å²) in [7, 11) is 2.06. The van der Waals surface area contributed by atoms with Crippen molar-refractivity contribution in [3.05, 3.63) is 47.0 Å². The van der Waals surface area contributed by atoms with Crippen LogP contribution in [0.1, 0.15) is 43.4 Å². The molecule has 2 rings (SSSR count). The van der Waals surface area contributed by atoms with E-state index >= 15 is 0 Å². The Morgan fingerprint density at radius 2 is 2.00 bits per heavy atom. The highest BCUT2D eigenvalue weighted by Gasteiger charge is 2.23. The van der Waals surface area contributed by atoms with Gasteiger partial charge in [-0.2, -0.15) is 0 Å². The van der Waals surface area contributed by atoms with Gasteiger partial charge in [-0.15, -0.1) is 0 Å². The molecule has 1 unspecified atom stereocenters. The number of esters is 1. The summed E-state index contributed by atoms with van der Waals surface area (Å²) in [5.41, 5.74) is 2.74. The van der Waals surface area contributed by atoms with Crippen molar-refractivity contribution >= 4 is 5.97 Å². The van der Waals surface area contributed by atoms with E-state index in [1.165, 1.54) is 0 Å². The van der Waals surface area contributed by atoms with E-state index in [4.69, 9.17) is 4.74 Å². The zero-order chi connectivity index (χ0) is 16.1. The second-order valence-electron chi connectivity index (χ2n) is 6.17. The Bertz CT molecular complexity index is 551. The number of ether oxygens (including phenoxy) is 1. The van der Waals surface area contributed by atoms with Crippen molar-refractivity contribution in [2.45, 2.75) is 32.3 Å². The molecule has 1 atom stereocenters. The number of rotatable bonds is 5. The standard InChI is InChI=1S/C18H25NO3/c1-13(2)15-6-4-5-7-16(15)17(20)18(21)22-12-14-8-10-19(3)11-9-14/h4-8,13,17,20H,9-12H2,1-3H3. The van der Waals surface area contributed by atoms with E-state index in [-0.39, 0.29) is 12.5 Å². The highest BCUT2D eigenvalue weighted by molar-refractivity contribution is 5.77. The van der Waals surface area contributed by atoms with Crippen molar-refractivity contribution in [1.82, 2.24) is 4.90 Å². The first-order chi connectivity index (χ1) is 10.5. The fourth-order valence-corrected chi connectivity index (χ4v) is 2.60. The lowest BCUT2D eigenvalue weighted by molar-refractivity contribution is -0.153. The molecular formula is C18H25NO3. The number of carbonyl (C=O) groups excluding carboxylic acids is 1. The third-order valence-electron chi connectivity index (χ3n) is 4.04. The minimum Gasteiger partial charge on any atom is -0.459 e. The summed E-state index contributed by atoms with van der Waals surface area (Å²) in [4.78, 5) is 14.3. The van der Waals surface area contributed by atoms with E-state index in [0.717, 1.165) is 30.6 Å². The summed E-state index contributed by atoms with van der Waals surface area (Å²) in [6.07, 6.45) is 1.78. The van der Waals surface area contributed by atoms with Gasteiger partial charge < -0.3 is 14.7 Å². The number of benzene rings is 1. The third-order valence-corrected chi connectivity index (χ3v) is 4.04. The molecule has 1 N–H and O–H groups in total. The minimum absolute atomic E-state index is 0.246. The van der Waals surface area contributed by atoms with Crippen molar-refractivity contribution in [3.8, 4) is 0 Å². The largest absolute Gasteiger partial charge is 0.459 e. The lowest BCUT2D eigenvalue weighted by atomic mass is 9.94. The van der Waals surface area contributed by atoms with Crippen molar-refractivity contribution in [1.29, 1.82) is 0 Å². The number of likely N-dealkylation sites (N-methyl/N-ethyl adjacent to an activating group) is 1. The molecule has 1 aromatic rings. The summed E-state index contributed by atoms with van der Waals surface area (Å²) in [6.45, 7) is 6.21. The van der Waals surface area contributed by atoms with E-state index < -0.39 is 12.1 Å². The number of hydrogen-bond acceptors (Lipinski definition) is 4. The van der Waals surface area contributed by atoms with Gasteiger partial charge in [-0.05, 0) is 36.1 Å². The Balaban J connectivity index is 1.98. The van der Waals surface area contributed by atoms with Crippen molar-refractivity contribution < 1.29 is 14.6 Å². The van der Waals surface area contributed by atoms with Crippen molar-refractivity contribution in [2.75, 3.05) is 26.7 Å². The van der Waals surface area contributed by atoms with Gasteiger partial charge in [0, 0.05) is 13.1 Å². The molecular weight excluding hydrogens is 278 g/mol. The fourth-order valence-electron chi connectivity index (χ4n) is 2.60. The summed E-state index contributed by atoms with van der Waals surface area (Å²) >= 11 is 0. The van der Waals surface area contributed by atoms with Crippen LogP contribution in [0.2, 0.25) is 0 Å². The Morgan fingerprint density at radius 3 is 2.59 bits per heavy atom. The van der Waals surface area contributed by atoms with Gasteiger partial charge in [-0.25, -0.2) is 4.79 Å². The van der Waals surface area contributed by atoms with Gasteiger partial charge in [0.15, 0.2) is 6.10 Å². The Labute approximate surface area is 132 Å². The van der Waals surface area contributed by atoms with Crippen LogP contribution in [0.4, 0.5) is 0 Å². The SMILES string of the molecule is CC(C)c1ccccc1C(O)C(=O)OCC1=CCN(C)CC1. The molecule has 4 heteroatoms. The van der Waals surface area contributed by atoms with Gasteiger partial charge in [-0.3, -0.25) is 0 Å². The van der Waals surface area contributed by atoms with Gasteiger partial charge in [0.2, 0.25) is 0 Å². The maximum atomic E-state index is 12.1. The summed E-state index contributed by atoms with van der Waals surface area (Å²) in [6, 6.07) is 7.48. The van der Waals surface area contributed by atoms with Crippen LogP contribution in [0.15, 0.2) is 35.9 Å². The summed E-state index contributed by atoms with van der Waals surface area (Å²) in [5, 5.41) is 10.3. The minimum atomic E-state index is -1.22. The Hall–Kier alpha value is -1.65. The smallest absolute Gasteiger partial charge is 0.339 e. The maximum Gasteiger partial charge on any atom is 0.339 e. The molecule has 4 nitrogen and oxygen atoms in total. The molecule has 1 aromatic carbocycles. The summed E-state index contributed by atoms with van der Waals surface area (Å²) in [5.74, 6) is -0.330. The zero-order valence-corrected chi connectivity index (χ0v) is 13.6. The van der Waals surface area contributed by atoms with Gasteiger partial charge in [0.25, 0.3) is 0 Å². The lowest BCUT2D eigenvalue weighted by Gasteiger charge is -2.22. The molecule has 0 radical (unpaired) electrons. The van der Waals surface area contributed by atoms with Gasteiger partial charge in [-0.1, -0.05) is 44.2 Å². The first-order valence-electron chi connectivity index (χ1n) is 7.79. The zero-order valence-electron chi connectivity index (χ0n) is 13.6. The molecule has 120 valence electrons. The molecule has 1 aliphatic rings. The third kappa shape index (κ3) is 4.18. The molecule has 22 heavy (non-hydrogen) atoms. The van der Waals surface area contributed by atoms with Crippen LogP contribution in [-0.2, 0) is 9.53 Å². The number of carbonyl (C=O) groups is 1. The predicted molar refractivity (Wildman–Crippen MR) is 86.6 cm³/mol. The number of aliphatic hydroxyl groups excluding tert-OH is 1. The fraction of sp³-hybridized carbons (Fsp3) is 0.500. The molecule has 1 heterocycles. The first-order valence-corrected chi connectivity index (χ1v) is 7.79. The topological polar surface area (TPSA) is 49.8 Å². The molecule has 0 aromatic heterocycles. The number of hydrogen-bond donors (Lipinski definition) is 1. The molecule has 0 fully saturated rings. The molecule has 0 saturated carbocycles. The highest BCUT2D eigenvalue weighted by atomic mass is 16.5. The Morgan fingerprint density at radius 1 is 1.32 bits per heavy atom. The van der Waals surface area contributed by atoms with Gasteiger partial charge >= 0.3 is 5.97 Å². The van der Waals surface area contributed by atoms with Crippen molar-refractivity contribution in [2.24, 2.45) is 0 Å². The van der Waals surface area contributed by atoms with Crippen LogP contribution >= 0.6 is 0 Å². The maximum absolute atomic E-state index is 12.1. The average molecular weight is 303 g/mol. The van der Waals surface area contributed by atoms with Crippen LogP contribution in [0.25, 0.3) is 0 Å². The molecule has 1 aliphatic heterocycles. The average Bonchev–Trinajstić information content (AvgIpc) is 2.53. The molecule has 0 amide bonds. The molecule has 0 bridgehead atoms.